The Balaban J connectivity index is 1.91. The van der Waals surface area contributed by atoms with Crippen molar-refractivity contribution in [1.82, 2.24) is 15.1 Å². The molecule has 0 bridgehead atoms. The molecule has 4 heteroatoms. The number of alkyl halides is 1. The minimum absolute atomic E-state index is 0.143. The van der Waals surface area contributed by atoms with E-state index in [1.165, 1.54) is 31.2 Å². The molecule has 0 aliphatic heterocycles. The van der Waals surface area contributed by atoms with Crippen LogP contribution >= 0.6 is 11.6 Å². The lowest BCUT2D eigenvalue weighted by atomic mass is 9.78. The molecule has 1 aliphatic carbocycles. The Morgan fingerprint density at radius 1 is 1.53 bits per heavy atom. The van der Waals surface area contributed by atoms with Crippen LogP contribution in [0.5, 0.6) is 0 Å². The number of hydrogen-bond acceptors (Lipinski definition) is 2. The number of rotatable bonds is 4. The van der Waals surface area contributed by atoms with E-state index in [9.17, 15) is 0 Å². The summed E-state index contributed by atoms with van der Waals surface area (Å²) in [6.07, 6.45) is 8.93. The SMILES string of the molecule is CC1CCC(CCl)(NCc2cnn(C)c2)CC1. The molecule has 1 aromatic rings. The van der Waals surface area contributed by atoms with Crippen LogP contribution < -0.4 is 5.32 Å². The highest BCUT2D eigenvalue weighted by Crippen LogP contribution is 2.32. The number of hydrogen-bond donors (Lipinski definition) is 1. The van der Waals surface area contributed by atoms with Crippen molar-refractivity contribution in [2.45, 2.75) is 44.7 Å². The Morgan fingerprint density at radius 3 is 2.76 bits per heavy atom. The largest absolute Gasteiger partial charge is 0.306 e. The van der Waals surface area contributed by atoms with Crippen LogP contribution in [0.4, 0.5) is 0 Å². The van der Waals surface area contributed by atoms with Crippen molar-refractivity contribution in [3.63, 3.8) is 0 Å². The third kappa shape index (κ3) is 3.23. The van der Waals surface area contributed by atoms with E-state index in [1.54, 1.807) is 0 Å². The van der Waals surface area contributed by atoms with Crippen molar-refractivity contribution in [3.05, 3.63) is 18.0 Å². The summed E-state index contributed by atoms with van der Waals surface area (Å²) in [5, 5.41) is 7.83. The summed E-state index contributed by atoms with van der Waals surface area (Å²) >= 11 is 6.17. The van der Waals surface area contributed by atoms with E-state index in [1.807, 2.05) is 17.9 Å². The van der Waals surface area contributed by atoms with Gasteiger partial charge in [0, 0.05) is 36.8 Å². The highest BCUT2D eigenvalue weighted by atomic mass is 35.5. The summed E-state index contributed by atoms with van der Waals surface area (Å²) in [6.45, 7) is 3.20. The summed E-state index contributed by atoms with van der Waals surface area (Å²) in [5.41, 5.74) is 1.37. The van der Waals surface area contributed by atoms with Crippen LogP contribution in [0.3, 0.4) is 0 Å². The number of nitrogens with zero attached hydrogens (tertiary/aromatic N) is 2. The van der Waals surface area contributed by atoms with E-state index in [2.05, 4.69) is 23.5 Å². The highest BCUT2D eigenvalue weighted by molar-refractivity contribution is 6.18. The van der Waals surface area contributed by atoms with Gasteiger partial charge in [-0.2, -0.15) is 5.10 Å². The summed E-state index contributed by atoms with van der Waals surface area (Å²) in [5.74, 6) is 1.56. The van der Waals surface area contributed by atoms with Gasteiger partial charge in [-0.05, 0) is 31.6 Å². The summed E-state index contributed by atoms with van der Waals surface area (Å²) in [7, 11) is 1.95. The van der Waals surface area contributed by atoms with Crippen molar-refractivity contribution in [2.75, 3.05) is 5.88 Å². The summed E-state index contributed by atoms with van der Waals surface area (Å²) in [6, 6.07) is 0. The van der Waals surface area contributed by atoms with Crippen molar-refractivity contribution in [2.24, 2.45) is 13.0 Å². The standard InChI is InChI=1S/C13H22ClN3/c1-11-3-5-13(10-14,6-4-11)15-7-12-8-16-17(2)9-12/h8-9,11,15H,3-7,10H2,1-2H3. The van der Waals surface area contributed by atoms with Crippen LogP contribution in [-0.2, 0) is 13.6 Å². The van der Waals surface area contributed by atoms with E-state index < -0.39 is 0 Å². The van der Waals surface area contributed by atoms with Crippen molar-refractivity contribution >= 4 is 11.6 Å². The molecule has 1 saturated carbocycles. The first-order chi connectivity index (χ1) is 8.13. The molecular weight excluding hydrogens is 234 g/mol. The number of halogens is 1. The van der Waals surface area contributed by atoms with Gasteiger partial charge in [0.15, 0.2) is 0 Å². The van der Waals surface area contributed by atoms with Gasteiger partial charge in [0.2, 0.25) is 0 Å². The first kappa shape index (κ1) is 12.9. The predicted molar refractivity (Wildman–Crippen MR) is 71.1 cm³/mol. The molecule has 96 valence electrons. The molecule has 1 heterocycles. The van der Waals surface area contributed by atoms with Crippen LogP contribution in [-0.4, -0.2) is 21.2 Å². The van der Waals surface area contributed by atoms with Crippen LogP contribution in [0.25, 0.3) is 0 Å². The molecule has 0 saturated heterocycles. The van der Waals surface area contributed by atoms with Gasteiger partial charge < -0.3 is 5.32 Å². The third-order valence-corrected chi connectivity index (χ3v) is 4.42. The molecule has 2 rings (SSSR count). The van der Waals surface area contributed by atoms with Gasteiger partial charge in [0.05, 0.1) is 6.20 Å². The Labute approximate surface area is 109 Å². The first-order valence-corrected chi connectivity index (χ1v) is 6.95. The van der Waals surface area contributed by atoms with Gasteiger partial charge in [0.25, 0.3) is 0 Å². The van der Waals surface area contributed by atoms with Crippen LogP contribution in [0.2, 0.25) is 0 Å². The summed E-state index contributed by atoms with van der Waals surface area (Å²) < 4.78 is 1.84. The maximum absolute atomic E-state index is 6.17. The molecule has 1 aromatic heterocycles. The second-order valence-corrected chi connectivity index (χ2v) is 5.74. The van der Waals surface area contributed by atoms with E-state index >= 15 is 0 Å². The van der Waals surface area contributed by atoms with Crippen LogP contribution in [0.1, 0.15) is 38.2 Å². The van der Waals surface area contributed by atoms with Crippen LogP contribution in [0, 0.1) is 5.92 Å². The molecule has 0 unspecified atom stereocenters. The zero-order valence-corrected chi connectivity index (χ0v) is 11.5. The Hall–Kier alpha value is -0.540. The summed E-state index contributed by atoms with van der Waals surface area (Å²) in [4.78, 5) is 0. The average Bonchev–Trinajstić information content (AvgIpc) is 2.75. The molecule has 17 heavy (non-hydrogen) atoms. The number of aromatic nitrogens is 2. The topological polar surface area (TPSA) is 29.9 Å². The van der Waals surface area contributed by atoms with Crippen molar-refractivity contribution < 1.29 is 0 Å². The smallest absolute Gasteiger partial charge is 0.0534 e. The second-order valence-electron chi connectivity index (χ2n) is 5.47. The predicted octanol–water partition coefficient (Wildman–Crippen LogP) is 2.70. The van der Waals surface area contributed by atoms with Gasteiger partial charge >= 0.3 is 0 Å². The fraction of sp³-hybridized carbons (Fsp3) is 0.769. The molecule has 1 aliphatic rings. The highest BCUT2D eigenvalue weighted by Gasteiger charge is 2.32. The van der Waals surface area contributed by atoms with E-state index in [4.69, 9.17) is 11.6 Å². The van der Waals surface area contributed by atoms with Gasteiger partial charge in [0.1, 0.15) is 0 Å². The van der Waals surface area contributed by atoms with Crippen molar-refractivity contribution in [1.29, 1.82) is 0 Å². The quantitative estimate of drug-likeness (QED) is 0.839. The number of nitrogens with one attached hydrogen (secondary N) is 1. The van der Waals surface area contributed by atoms with E-state index in [0.717, 1.165) is 12.5 Å². The molecule has 1 N–H and O–H groups in total. The van der Waals surface area contributed by atoms with Crippen molar-refractivity contribution in [3.8, 4) is 0 Å². The van der Waals surface area contributed by atoms with Crippen LogP contribution in [0.15, 0.2) is 12.4 Å². The zero-order chi connectivity index (χ0) is 12.3. The monoisotopic (exact) mass is 255 g/mol. The average molecular weight is 256 g/mol. The molecule has 0 spiro atoms. The normalized spacial score (nSPS) is 29.5. The maximum Gasteiger partial charge on any atom is 0.0534 e. The third-order valence-electron chi connectivity index (χ3n) is 3.91. The van der Waals surface area contributed by atoms with E-state index in [-0.39, 0.29) is 5.54 Å². The molecule has 3 nitrogen and oxygen atoms in total. The lowest BCUT2D eigenvalue weighted by Crippen LogP contribution is -2.49. The van der Waals surface area contributed by atoms with Gasteiger partial charge in [-0.15, -0.1) is 11.6 Å². The molecular formula is C13H22ClN3. The Kier molecular flexibility index (Phi) is 4.10. The van der Waals surface area contributed by atoms with Gasteiger partial charge in [-0.25, -0.2) is 0 Å². The fourth-order valence-electron chi connectivity index (χ4n) is 2.53. The molecule has 0 radical (unpaired) electrons. The molecule has 1 fully saturated rings. The Bertz CT molecular complexity index is 353. The second kappa shape index (κ2) is 5.40. The maximum atomic E-state index is 6.17. The minimum Gasteiger partial charge on any atom is -0.306 e. The zero-order valence-electron chi connectivity index (χ0n) is 10.7. The van der Waals surface area contributed by atoms with E-state index in [0.29, 0.717) is 5.88 Å². The first-order valence-electron chi connectivity index (χ1n) is 6.42. The van der Waals surface area contributed by atoms with Gasteiger partial charge in [-0.3, -0.25) is 4.68 Å². The number of aryl methyl sites for hydroxylation is 1. The fourth-order valence-corrected chi connectivity index (χ4v) is 2.89. The molecule has 0 aromatic carbocycles. The Morgan fingerprint density at radius 2 is 2.24 bits per heavy atom. The van der Waals surface area contributed by atoms with Gasteiger partial charge in [-0.1, -0.05) is 6.92 Å². The lowest BCUT2D eigenvalue weighted by Gasteiger charge is -2.39. The molecule has 0 atom stereocenters. The minimum atomic E-state index is 0.143. The lowest BCUT2D eigenvalue weighted by molar-refractivity contribution is 0.216. The molecule has 0 amide bonds.